The van der Waals surface area contributed by atoms with Crippen LogP contribution in [-0.2, 0) is 35.7 Å². The summed E-state index contributed by atoms with van der Waals surface area (Å²) in [5, 5.41) is 5.58. The van der Waals surface area contributed by atoms with E-state index >= 15 is 0 Å². The third-order valence-electron chi connectivity index (χ3n) is 11.0. The van der Waals surface area contributed by atoms with Crippen LogP contribution in [0.4, 0.5) is 4.79 Å². The molecule has 4 amide bonds. The van der Waals surface area contributed by atoms with Crippen LogP contribution in [0.15, 0.2) is 29.1 Å². The van der Waals surface area contributed by atoms with Gasteiger partial charge in [0.2, 0.25) is 21.8 Å². The summed E-state index contributed by atoms with van der Waals surface area (Å²) in [6, 6.07) is 5.69. The molecule has 4 unspecified atom stereocenters. The molecule has 0 bridgehead atoms. The molecule has 0 spiro atoms. The Morgan fingerprint density at radius 2 is 1.70 bits per heavy atom. The molecule has 2 heterocycles. The fourth-order valence-corrected chi connectivity index (χ4v) is 9.37. The number of nitrogens with zero attached hydrogens (tertiary/aromatic N) is 2. The van der Waals surface area contributed by atoms with Gasteiger partial charge in [-0.15, -0.1) is 0 Å². The highest BCUT2D eigenvalue weighted by atomic mass is 32.2. The zero-order valence-corrected chi connectivity index (χ0v) is 33.1. The molecule has 2 aromatic rings. The van der Waals surface area contributed by atoms with E-state index in [0.29, 0.717) is 64.5 Å². The number of fused-ring (bicyclic) bond motifs is 1. The van der Waals surface area contributed by atoms with E-state index in [0.717, 1.165) is 30.3 Å². The summed E-state index contributed by atoms with van der Waals surface area (Å²) in [5.41, 5.74) is -1.33. The quantitative estimate of drug-likeness (QED) is 0.192. The lowest BCUT2D eigenvalue weighted by Gasteiger charge is -2.36. The van der Waals surface area contributed by atoms with Crippen LogP contribution in [0.5, 0.6) is 0 Å². The number of aryl methyl sites for hydroxylation is 1. The number of hydrogen-bond acceptors (Lipinski definition) is 8. The number of H-pyrrole nitrogens is 1. The van der Waals surface area contributed by atoms with Crippen molar-refractivity contribution < 1.29 is 32.3 Å². The molecule has 3 fully saturated rings. The highest BCUT2D eigenvalue weighted by Gasteiger charge is 2.63. The fourth-order valence-electron chi connectivity index (χ4n) is 7.67. The molecule has 1 aliphatic heterocycles. The third kappa shape index (κ3) is 8.92. The van der Waals surface area contributed by atoms with E-state index in [2.05, 4.69) is 20.3 Å². The number of para-hydroxylation sites is 2. The van der Waals surface area contributed by atoms with Crippen molar-refractivity contribution in [1.29, 1.82) is 0 Å². The van der Waals surface area contributed by atoms with Crippen molar-refractivity contribution in [3.8, 4) is 0 Å². The maximum absolute atomic E-state index is 13.9. The molecule has 5 rings (SSSR count). The molecule has 4 N–H and O–H groups in total. The lowest BCUT2D eigenvalue weighted by molar-refractivity contribution is -0.143. The van der Waals surface area contributed by atoms with Crippen molar-refractivity contribution >= 4 is 44.9 Å². The molecular weight excluding hydrogens is 701 g/mol. The van der Waals surface area contributed by atoms with Gasteiger partial charge in [0.25, 0.3) is 5.91 Å². The first-order valence-electron chi connectivity index (χ1n) is 19.1. The van der Waals surface area contributed by atoms with Crippen LogP contribution in [-0.4, -0.2) is 81.2 Å². The predicted molar refractivity (Wildman–Crippen MR) is 201 cm³/mol. The number of amides is 4. The second kappa shape index (κ2) is 15.1. The van der Waals surface area contributed by atoms with E-state index in [4.69, 9.17) is 4.74 Å². The number of rotatable bonds is 15. The van der Waals surface area contributed by atoms with E-state index in [-0.39, 0.29) is 11.6 Å². The van der Waals surface area contributed by atoms with Gasteiger partial charge in [-0.25, -0.2) is 18.0 Å². The minimum absolute atomic E-state index is 0.143. The van der Waals surface area contributed by atoms with Crippen LogP contribution < -0.4 is 21.0 Å². The van der Waals surface area contributed by atoms with Crippen molar-refractivity contribution in [1.82, 2.24) is 29.8 Å². The van der Waals surface area contributed by atoms with Crippen LogP contribution >= 0.6 is 0 Å². The molecule has 2 saturated carbocycles. The van der Waals surface area contributed by atoms with Crippen molar-refractivity contribution in [2.45, 2.75) is 154 Å². The number of unbranched alkanes of at least 4 members (excludes halogenated alkanes) is 3. The monoisotopic (exact) mass is 758 g/mol. The van der Waals surface area contributed by atoms with Gasteiger partial charge in [-0.2, -0.15) is 0 Å². The molecule has 294 valence electrons. The molecule has 2 aliphatic carbocycles. The average Bonchev–Trinajstić information content (AvgIpc) is 3.91. The molecule has 14 nitrogen and oxygen atoms in total. The van der Waals surface area contributed by atoms with Crippen LogP contribution in [0.2, 0.25) is 0 Å². The maximum Gasteiger partial charge on any atom is 0.408 e. The Kier molecular flexibility index (Phi) is 11.5. The van der Waals surface area contributed by atoms with Crippen LogP contribution in [0.1, 0.15) is 119 Å². The summed E-state index contributed by atoms with van der Waals surface area (Å²) in [5.74, 6) is -1.92. The molecule has 1 saturated heterocycles. The summed E-state index contributed by atoms with van der Waals surface area (Å²) in [6.07, 6.45) is 5.46. The molecule has 1 aromatic heterocycles. The van der Waals surface area contributed by atoms with Crippen molar-refractivity contribution in [3.63, 3.8) is 0 Å². The van der Waals surface area contributed by atoms with E-state index in [1.165, 1.54) is 4.90 Å². The number of imidazole rings is 1. The van der Waals surface area contributed by atoms with Gasteiger partial charge in [-0.1, -0.05) is 65.5 Å². The number of sulfonamides is 1. The van der Waals surface area contributed by atoms with E-state index in [1.54, 1.807) is 25.3 Å². The lowest BCUT2D eigenvalue weighted by Crippen LogP contribution is -2.60. The molecule has 4 atom stereocenters. The second-order valence-corrected chi connectivity index (χ2v) is 19.4. The number of aromatic nitrogens is 2. The first kappa shape index (κ1) is 40.3. The molecule has 3 aliphatic rings. The zero-order chi connectivity index (χ0) is 39.0. The minimum Gasteiger partial charge on any atom is -0.444 e. The van der Waals surface area contributed by atoms with Crippen molar-refractivity contribution in [2.75, 3.05) is 6.54 Å². The fraction of sp³-hybridized carbons (Fsp3) is 0.711. The average molecular weight is 759 g/mol. The van der Waals surface area contributed by atoms with E-state index in [9.17, 15) is 32.4 Å². The Morgan fingerprint density at radius 1 is 1.02 bits per heavy atom. The predicted octanol–water partition coefficient (Wildman–Crippen LogP) is 4.47. The van der Waals surface area contributed by atoms with Gasteiger partial charge in [-0.05, 0) is 89.2 Å². The number of aromatic amines is 1. The van der Waals surface area contributed by atoms with Gasteiger partial charge in [-0.3, -0.25) is 23.7 Å². The Hall–Kier alpha value is -3.88. The Balaban J connectivity index is 1.16. The normalized spacial score (nSPS) is 23.0. The van der Waals surface area contributed by atoms with Crippen LogP contribution in [0.3, 0.4) is 0 Å². The summed E-state index contributed by atoms with van der Waals surface area (Å²) in [4.78, 5) is 70.9. The number of benzene rings is 1. The van der Waals surface area contributed by atoms with Crippen molar-refractivity contribution in [2.24, 2.45) is 11.3 Å². The largest absolute Gasteiger partial charge is 0.444 e. The maximum atomic E-state index is 13.9. The molecular formula is C38H58N6O8S. The number of ether oxygens (including phenoxy) is 1. The van der Waals surface area contributed by atoms with E-state index in [1.807, 2.05) is 52.0 Å². The zero-order valence-electron chi connectivity index (χ0n) is 32.3. The Labute approximate surface area is 312 Å². The Morgan fingerprint density at radius 3 is 2.32 bits per heavy atom. The standard InChI is InChI=1S/C38H58N6O8S/c1-8-25-24-38(25,41-30(45)28-18-15-23-43(28)31(46)29(35(2,3)4)40-34(49)52-36(5,6)7)32(47)42-53(50,51)37(20-21-37)19-13-9-10-14-22-44-27-17-12-11-16-26(27)39-33(44)48/h11-12,16-17,25,28-29H,8-10,13-15,18-24H2,1-7H3,(H,39,48)(H,40,49)(H,41,45)(H,42,47). The van der Waals surface area contributed by atoms with Gasteiger partial charge in [0.15, 0.2) is 0 Å². The first-order valence-corrected chi connectivity index (χ1v) is 20.6. The Bertz CT molecular complexity index is 1870. The van der Waals surface area contributed by atoms with Gasteiger partial charge < -0.3 is 25.3 Å². The van der Waals surface area contributed by atoms with Gasteiger partial charge in [0, 0.05) is 13.1 Å². The second-order valence-electron chi connectivity index (χ2n) is 17.3. The van der Waals surface area contributed by atoms with Gasteiger partial charge in [0.1, 0.15) is 23.2 Å². The van der Waals surface area contributed by atoms with Crippen LogP contribution in [0.25, 0.3) is 11.0 Å². The topological polar surface area (TPSA) is 189 Å². The number of hydrogen-bond donors (Lipinski definition) is 4. The summed E-state index contributed by atoms with van der Waals surface area (Å²) in [6.45, 7) is 13.4. The minimum atomic E-state index is -4.03. The SMILES string of the molecule is CCC1CC1(NC(=O)C1CCCN1C(=O)C(NC(=O)OC(C)(C)C)C(C)(C)C)C(=O)NS(=O)(=O)C1(CCCCCCn2c(=O)[nH]c3ccccc32)CC1. The number of likely N-dealkylation sites (tertiary alicyclic amines) is 1. The molecule has 0 radical (unpaired) electrons. The third-order valence-corrected chi connectivity index (χ3v) is 13.2. The molecule has 53 heavy (non-hydrogen) atoms. The van der Waals surface area contributed by atoms with Gasteiger partial charge >= 0.3 is 11.8 Å². The number of alkyl carbamates (subject to hydrolysis) is 1. The molecule has 15 heteroatoms. The highest BCUT2D eigenvalue weighted by molar-refractivity contribution is 7.91. The van der Waals surface area contributed by atoms with Gasteiger partial charge in [0.05, 0.1) is 15.8 Å². The smallest absolute Gasteiger partial charge is 0.408 e. The van der Waals surface area contributed by atoms with Crippen LogP contribution in [0, 0.1) is 11.3 Å². The summed E-state index contributed by atoms with van der Waals surface area (Å²) in [7, 11) is -4.03. The number of nitrogens with one attached hydrogen (secondary N) is 4. The first-order chi connectivity index (χ1) is 24.7. The molecule has 1 aromatic carbocycles. The number of carbonyl (C=O) groups excluding carboxylic acids is 4. The van der Waals surface area contributed by atoms with Crippen molar-refractivity contribution in [3.05, 3.63) is 34.7 Å². The number of carbonyl (C=O) groups is 4. The highest BCUT2D eigenvalue weighted by Crippen LogP contribution is 2.50. The summed E-state index contributed by atoms with van der Waals surface area (Å²) >= 11 is 0. The van der Waals surface area contributed by atoms with E-state index < -0.39 is 67.2 Å². The lowest BCUT2D eigenvalue weighted by atomic mass is 9.85. The summed E-state index contributed by atoms with van der Waals surface area (Å²) < 4.78 is 35.8.